The van der Waals surface area contributed by atoms with E-state index in [1.807, 2.05) is 88.4 Å². The molecule has 2 aliphatic carbocycles. The van der Waals surface area contributed by atoms with Gasteiger partial charge in [-0.3, -0.25) is 28.8 Å². The van der Waals surface area contributed by atoms with Gasteiger partial charge in [0.15, 0.2) is 34.5 Å². The van der Waals surface area contributed by atoms with Crippen molar-refractivity contribution in [2.75, 3.05) is 33.4 Å². The number of benzene rings is 4. The summed E-state index contributed by atoms with van der Waals surface area (Å²) in [7, 11) is 1.62. The van der Waals surface area contributed by atoms with E-state index in [0.717, 1.165) is 35.4 Å². The number of aliphatic hydroxyl groups excluding tert-OH is 1. The van der Waals surface area contributed by atoms with Gasteiger partial charge in [0, 0.05) is 88.1 Å². The van der Waals surface area contributed by atoms with E-state index in [4.69, 9.17) is 14.2 Å². The number of fused-ring (bicyclic) bond motifs is 4. The minimum absolute atomic E-state index is 0. The van der Waals surface area contributed by atoms with Crippen LogP contribution >= 0.6 is 0 Å². The fourth-order valence-electron chi connectivity index (χ4n) is 11.0. The predicted molar refractivity (Wildman–Crippen MR) is 298 cm³/mol. The van der Waals surface area contributed by atoms with Gasteiger partial charge < -0.3 is 38.3 Å². The molecule has 2 amide bonds. The van der Waals surface area contributed by atoms with Crippen LogP contribution in [0.25, 0.3) is 0 Å². The molecule has 4 aromatic carbocycles. The molecule has 10 rings (SSSR count). The Balaban J connectivity index is 0.000000228. The maximum absolute atomic E-state index is 14.2. The Morgan fingerprint density at radius 3 is 1.36 bits per heavy atom. The van der Waals surface area contributed by atoms with Gasteiger partial charge in [0.2, 0.25) is 10.9 Å². The summed E-state index contributed by atoms with van der Waals surface area (Å²) in [5.74, 6) is -5.17. The van der Waals surface area contributed by atoms with Crippen LogP contribution < -0.4 is 20.3 Å². The van der Waals surface area contributed by atoms with Crippen molar-refractivity contribution < 1.29 is 56.1 Å². The fourth-order valence-corrected chi connectivity index (χ4v) is 11.0. The number of carbonyl (C=O) groups excluding carboxylic acids is 4. The van der Waals surface area contributed by atoms with Gasteiger partial charge in [-0.2, -0.15) is 0 Å². The van der Waals surface area contributed by atoms with E-state index >= 15 is 0 Å². The van der Waals surface area contributed by atoms with Crippen molar-refractivity contribution >= 4 is 23.4 Å². The molecule has 0 radical (unpaired) electrons. The molecule has 2 aliphatic heterocycles. The topological polar surface area (TPSA) is 167 Å². The minimum Gasteiger partial charge on any atom is -0.483 e. The maximum atomic E-state index is 14.2. The number of aliphatic hydroxyl groups is 1. The molecule has 14 nitrogen and oxygen atoms in total. The van der Waals surface area contributed by atoms with Crippen LogP contribution in [-0.4, -0.2) is 92.9 Å². The predicted octanol–water partition coefficient (Wildman–Crippen LogP) is 10.1. The third-order valence-corrected chi connectivity index (χ3v) is 15.7. The molecule has 4 aliphatic rings. The van der Waals surface area contributed by atoms with E-state index in [9.17, 15) is 51.4 Å². The van der Waals surface area contributed by atoms with Crippen molar-refractivity contribution in [1.82, 2.24) is 18.9 Å². The zero-order chi connectivity index (χ0) is 56.5. The summed E-state index contributed by atoms with van der Waals surface area (Å²) in [5.41, 5.74) is -0.792. The zero-order valence-electron chi connectivity index (χ0n) is 44.6. The third kappa shape index (κ3) is 12.2. The molecule has 4 heterocycles. The highest BCUT2D eigenvalue weighted by Crippen LogP contribution is 2.55. The van der Waals surface area contributed by atoms with Crippen LogP contribution in [0.3, 0.4) is 0 Å². The zero-order valence-corrected chi connectivity index (χ0v) is 44.6. The van der Waals surface area contributed by atoms with Crippen LogP contribution in [0, 0.1) is 35.1 Å². The molecular weight excluding hydrogens is 1050 g/mol. The number of ketones is 2. The summed E-state index contributed by atoms with van der Waals surface area (Å²) < 4.78 is 75.9. The van der Waals surface area contributed by atoms with Gasteiger partial charge in [0.25, 0.3) is 11.8 Å². The van der Waals surface area contributed by atoms with E-state index in [2.05, 4.69) is 0 Å². The molecule has 81 heavy (non-hydrogen) atoms. The number of aryl methyl sites for hydroxylation is 2. The summed E-state index contributed by atoms with van der Waals surface area (Å²) >= 11 is 0. The van der Waals surface area contributed by atoms with Crippen molar-refractivity contribution in [2.24, 2.45) is 11.8 Å². The minimum atomic E-state index is -0.765. The van der Waals surface area contributed by atoms with Crippen molar-refractivity contribution in [2.45, 2.75) is 117 Å². The van der Waals surface area contributed by atoms with Crippen molar-refractivity contribution in [3.8, 4) is 11.5 Å². The first kappa shape index (κ1) is 60.9. The molecule has 6 aromatic rings. The number of amides is 2. The maximum Gasteiger partial charge on any atom is 0.274 e. The summed E-state index contributed by atoms with van der Waals surface area (Å²) in [4.78, 5) is 85.2. The first-order valence-corrected chi connectivity index (χ1v) is 26.4. The van der Waals surface area contributed by atoms with E-state index in [-0.39, 0.29) is 141 Å². The number of Topliss-reactive ketones (excluding diaryl/α,β-unsaturated/α-hetero) is 2. The van der Waals surface area contributed by atoms with Crippen molar-refractivity contribution in [3.05, 3.63) is 198 Å². The molecule has 18 heteroatoms. The second-order valence-electron chi connectivity index (χ2n) is 21.4. The second kappa shape index (κ2) is 25.0. The highest BCUT2D eigenvalue weighted by molar-refractivity contribution is 6.01. The monoisotopic (exact) mass is 1120 g/mol. The SMILES string of the molecule is C.C.CC(C)N1C[C@]2(C[C@H]2CO)n2cc(C(=O)CCc3ccc(F)cc3F)c(=O)c(OCc3ccccc3)c2C1=O.COC[C@@H]1C[C@]12CN(C(C)C)C(=O)c1c(OCc3ccccc3)c(=O)c(C(=O)CCc3ccc(F)cc3F)cn12. The first-order valence-electron chi connectivity index (χ1n) is 26.4. The van der Waals surface area contributed by atoms with Crippen LogP contribution in [-0.2, 0) is 41.9 Å². The van der Waals surface area contributed by atoms with Gasteiger partial charge in [0.1, 0.15) is 36.5 Å². The Labute approximate surface area is 468 Å². The van der Waals surface area contributed by atoms with Crippen molar-refractivity contribution in [3.63, 3.8) is 0 Å². The molecule has 0 saturated heterocycles. The van der Waals surface area contributed by atoms with Crippen LogP contribution in [0.1, 0.15) is 132 Å². The summed E-state index contributed by atoms with van der Waals surface area (Å²) in [5, 5.41) is 10.0. The number of hydrogen-bond acceptors (Lipinski definition) is 10. The number of carbonyl (C=O) groups is 4. The molecular formula is C63H70F4N4O10. The van der Waals surface area contributed by atoms with Gasteiger partial charge in [-0.1, -0.05) is 87.6 Å². The van der Waals surface area contributed by atoms with Gasteiger partial charge in [0.05, 0.1) is 28.8 Å². The van der Waals surface area contributed by atoms with Gasteiger partial charge in [-0.15, -0.1) is 0 Å². The number of rotatable bonds is 19. The lowest BCUT2D eigenvalue weighted by molar-refractivity contribution is 0.0537. The molecule has 4 atom stereocenters. The van der Waals surface area contributed by atoms with Gasteiger partial charge >= 0.3 is 0 Å². The summed E-state index contributed by atoms with van der Waals surface area (Å²) in [6.45, 7) is 8.74. The molecule has 2 aromatic heterocycles. The van der Waals surface area contributed by atoms with Crippen LogP contribution in [0.4, 0.5) is 17.6 Å². The third-order valence-electron chi connectivity index (χ3n) is 15.7. The average Bonchev–Trinajstić information content (AvgIpc) is 4.30. The molecule has 430 valence electrons. The lowest BCUT2D eigenvalue weighted by atomic mass is 9.99. The largest absolute Gasteiger partial charge is 0.483 e. The van der Waals surface area contributed by atoms with E-state index in [1.54, 1.807) is 26.0 Å². The van der Waals surface area contributed by atoms with E-state index < -0.39 is 56.8 Å². The molecule has 0 unspecified atom stereocenters. The van der Waals surface area contributed by atoms with Crippen LogP contribution in [0.15, 0.2) is 119 Å². The molecule has 1 N–H and O–H groups in total. The number of aromatic nitrogens is 2. The summed E-state index contributed by atoms with van der Waals surface area (Å²) in [6, 6.07) is 24.4. The standard InChI is InChI=1S/C31H32F2N2O5.C30H30F2N2O5.2CH4/c1-19(2)34-18-31(14-22(31)17-39-3)35-15-24(26(36)12-10-21-9-11-23(32)13-25(21)33)28(37)29(27(35)30(34)38)40-16-20-7-5-4-6-8-20;1-18(2)33-17-30(13-21(30)15-35)34-14-23(25(36)11-9-20-8-10-22(31)12-24(20)32)27(37)28(26(34)29(33)38)39-16-19-6-4-3-5-7-19;;/h4-9,11,13,15,19,22H,10,12,14,16-18H2,1-3H3;3-8,10,12,14,18,21,35H,9,11,13,15-17H2,1-2H3;2*1H4/t22-,31-;21-,30-;;/m00../s1. The van der Waals surface area contributed by atoms with E-state index in [1.165, 1.54) is 24.5 Å². The van der Waals surface area contributed by atoms with Crippen LogP contribution in [0.2, 0.25) is 0 Å². The van der Waals surface area contributed by atoms with E-state index in [0.29, 0.717) is 32.5 Å². The number of pyridine rings is 2. The highest BCUT2D eigenvalue weighted by atomic mass is 19.1. The Bertz CT molecular complexity index is 3440. The molecule has 0 bridgehead atoms. The Morgan fingerprint density at radius 2 is 1.00 bits per heavy atom. The fraction of sp³-hybridized carbons (Fsp3) is 0.397. The smallest absolute Gasteiger partial charge is 0.274 e. The van der Waals surface area contributed by atoms with Gasteiger partial charge in [-0.05, 0) is 87.8 Å². The quantitative estimate of drug-likeness (QED) is 0.0609. The number of halogens is 4. The number of hydrogen-bond donors (Lipinski definition) is 1. The normalized spacial score (nSPS) is 19.3. The Morgan fingerprint density at radius 1 is 0.605 bits per heavy atom. The number of nitrogens with zero attached hydrogens (tertiary/aromatic N) is 4. The number of ether oxygens (including phenoxy) is 3. The average molecular weight is 1120 g/mol. The Hall–Kier alpha value is -7.70. The molecule has 2 fully saturated rings. The Kier molecular flexibility index (Phi) is 18.8. The summed E-state index contributed by atoms with van der Waals surface area (Å²) in [6.07, 6.45) is 3.75. The lowest BCUT2D eigenvalue weighted by Gasteiger charge is -2.40. The first-order chi connectivity index (χ1) is 37.8. The molecule has 2 spiro atoms. The highest BCUT2D eigenvalue weighted by Gasteiger charge is 2.62. The van der Waals surface area contributed by atoms with Gasteiger partial charge in [-0.25, -0.2) is 17.6 Å². The molecule has 2 saturated carbocycles. The van der Waals surface area contributed by atoms with Crippen LogP contribution in [0.5, 0.6) is 11.5 Å². The second-order valence-corrected chi connectivity index (χ2v) is 21.4. The van der Waals surface area contributed by atoms with Crippen molar-refractivity contribution in [1.29, 1.82) is 0 Å². The lowest BCUT2D eigenvalue weighted by Crippen LogP contribution is -2.52. The number of methoxy groups -OCH3 is 1.